The van der Waals surface area contributed by atoms with E-state index in [1.165, 1.54) is 11.3 Å². The van der Waals surface area contributed by atoms with Crippen LogP contribution < -0.4 is 10.2 Å². The number of rotatable bonds is 4. The summed E-state index contributed by atoms with van der Waals surface area (Å²) in [6.45, 7) is 7.85. The first kappa shape index (κ1) is 16.8. The first-order valence-corrected chi connectivity index (χ1v) is 9.11. The van der Waals surface area contributed by atoms with Gasteiger partial charge in [0.25, 0.3) is 5.91 Å². The normalized spacial score (nSPS) is 18.0. The summed E-state index contributed by atoms with van der Waals surface area (Å²) in [4.78, 5) is 19.1. The third kappa shape index (κ3) is 3.72. The second-order valence-corrected chi connectivity index (χ2v) is 7.93. The summed E-state index contributed by atoms with van der Waals surface area (Å²) in [7, 11) is 0. The molecule has 1 saturated heterocycles. The molecule has 1 N–H and O–H groups in total. The molecule has 3 rings (SSSR count). The van der Waals surface area contributed by atoms with Crippen LogP contribution in [0.5, 0.6) is 0 Å². The van der Waals surface area contributed by atoms with E-state index in [1.807, 2.05) is 17.5 Å². The van der Waals surface area contributed by atoms with Crippen molar-refractivity contribution in [1.29, 1.82) is 0 Å². The second kappa shape index (κ2) is 6.84. The highest BCUT2D eigenvalue weighted by Gasteiger charge is 2.27. The lowest BCUT2D eigenvalue weighted by atomic mass is 9.98. The van der Waals surface area contributed by atoms with Gasteiger partial charge in [0, 0.05) is 36.1 Å². The van der Waals surface area contributed by atoms with Crippen LogP contribution in [0, 0.1) is 0 Å². The Balaban J connectivity index is 1.61. The number of nitrogens with zero attached hydrogens (tertiary/aromatic N) is 4. The summed E-state index contributed by atoms with van der Waals surface area (Å²) in [5.41, 5.74) is 0.478. The number of amides is 1. The number of nitrogens with one attached hydrogen (secondary N) is 1. The number of hydrogen-bond acceptors (Lipinski definition) is 6. The minimum atomic E-state index is -0.104. The van der Waals surface area contributed by atoms with Gasteiger partial charge in [0.1, 0.15) is 5.69 Å². The molecule has 7 heteroatoms. The predicted octanol–water partition coefficient (Wildman–Crippen LogP) is 2.63. The van der Waals surface area contributed by atoms with Crippen LogP contribution in [0.1, 0.15) is 49.1 Å². The van der Waals surface area contributed by atoms with Gasteiger partial charge >= 0.3 is 0 Å². The molecule has 1 atom stereocenters. The molecule has 2 aromatic rings. The number of carbonyl (C=O) groups excluding carboxylic acids is 1. The van der Waals surface area contributed by atoms with Crippen molar-refractivity contribution in [2.75, 3.05) is 18.0 Å². The average molecular weight is 345 g/mol. The molecule has 1 aliphatic rings. The third-order valence-electron chi connectivity index (χ3n) is 4.11. The molecule has 3 heterocycles. The van der Waals surface area contributed by atoms with E-state index in [0.29, 0.717) is 12.2 Å². The zero-order valence-corrected chi connectivity index (χ0v) is 15.1. The predicted molar refractivity (Wildman–Crippen MR) is 95.5 cm³/mol. The molecular formula is C17H23N5OS. The van der Waals surface area contributed by atoms with Crippen LogP contribution >= 0.6 is 11.3 Å². The fourth-order valence-corrected chi connectivity index (χ4v) is 3.71. The Kier molecular flexibility index (Phi) is 4.80. The van der Waals surface area contributed by atoms with Gasteiger partial charge in [-0.3, -0.25) is 4.79 Å². The van der Waals surface area contributed by atoms with E-state index in [0.717, 1.165) is 30.2 Å². The number of hydrogen-bond donors (Lipinski definition) is 1. The summed E-state index contributed by atoms with van der Waals surface area (Å²) < 4.78 is 0. The lowest BCUT2D eigenvalue weighted by Crippen LogP contribution is -2.40. The fourth-order valence-electron chi connectivity index (χ4n) is 2.82. The van der Waals surface area contributed by atoms with Gasteiger partial charge < -0.3 is 10.2 Å². The van der Waals surface area contributed by atoms with E-state index < -0.39 is 0 Å². The highest BCUT2D eigenvalue weighted by Crippen LogP contribution is 2.26. The maximum atomic E-state index is 12.4. The lowest BCUT2D eigenvalue weighted by Gasteiger charge is -2.25. The maximum absolute atomic E-state index is 12.4. The molecule has 6 nitrogen and oxygen atoms in total. The first-order chi connectivity index (χ1) is 11.4. The summed E-state index contributed by atoms with van der Waals surface area (Å²) in [6, 6.07) is 4.11. The minimum absolute atomic E-state index is 0.0303. The van der Waals surface area contributed by atoms with Crippen LogP contribution in [0.25, 0.3) is 0 Å². The van der Waals surface area contributed by atoms with Gasteiger partial charge in [0.2, 0.25) is 0 Å². The Hall–Kier alpha value is -2.02. The monoisotopic (exact) mass is 345 g/mol. The molecule has 128 valence electrons. The summed E-state index contributed by atoms with van der Waals surface area (Å²) in [5, 5.41) is 14.0. The Morgan fingerprint density at radius 2 is 2.29 bits per heavy atom. The Morgan fingerprint density at radius 3 is 2.96 bits per heavy atom. The molecule has 1 aliphatic heterocycles. The first-order valence-electron chi connectivity index (χ1n) is 8.24. The standard InChI is InChI=1S/C17H23N5OS/c1-17(2,3)16-20-13(11-24-16)15(23)18-10-12-6-5-9-22(12)14-7-4-8-19-21-14/h4,7-8,11-12H,5-6,9-10H2,1-3H3,(H,18,23). The van der Waals surface area contributed by atoms with Crippen molar-refractivity contribution < 1.29 is 4.79 Å². The summed E-state index contributed by atoms with van der Waals surface area (Å²) >= 11 is 1.54. The minimum Gasteiger partial charge on any atom is -0.350 e. The van der Waals surface area contributed by atoms with Crippen molar-refractivity contribution in [3.63, 3.8) is 0 Å². The highest BCUT2D eigenvalue weighted by molar-refractivity contribution is 7.10. The highest BCUT2D eigenvalue weighted by atomic mass is 32.1. The van der Waals surface area contributed by atoms with Crippen molar-refractivity contribution in [3.8, 4) is 0 Å². The largest absolute Gasteiger partial charge is 0.350 e. The number of thiazole rings is 1. The van der Waals surface area contributed by atoms with Crippen molar-refractivity contribution in [1.82, 2.24) is 20.5 Å². The van der Waals surface area contributed by atoms with Crippen LogP contribution in [0.4, 0.5) is 5.82 Å². The van der Waals surface area contributed by atoms with E-state index >= 15 is 0 Å². The molecule has 1 unspecified atom stereocenters. The summed E-state index contributed by atoms with van der Waals surface area (Å²) in [5.74, 6) is 0.769. The van der Waals surface area contributed by atoms with Crippen molar-refractivity contribution in [2.45, 2.75) is 45.1 Å². The average Bonchev–Trinajstić information content (AvgIpc) is 3.22. The van der Waals surface area contributed by atoms with Gasteiger partial charge in [0.05, 0.1) is 5.01 Å². The zero-order valence-electron chi connectivity index (χ0n) is 14.3. The van der Waals surface area contributed by atoms with Crippen molar-refractivity contribution in [3.05, 3.63) is 34.4 Å². The number of carbonyl (C=O) groups is 1. The molecule has 0 aromatic carbocycles. The second-order valence-electron chi connectivity index (χ2n) is 7.07. The molecule has 24 heavy (non-hydrogen) atoms. The van der Waals surface area contributed by atoms with Gasteiger partial charge in [-0.15, -0.1) is 16.4 Å². The maximum Gasteiger partial charge on any atom is 0.270 e. The van der Waals surface area contributed by atoms with Crippen LogP contribution in [0.2, 0.25) is 0 Å². The van der Waals surface area contributed by atoms with Gasteiger partial charge in [-0.05, 0) is 25.0 Å². The molecular weight excluding hydrogens is 322 g/mol. The molecule has 2 aromatic heterocycles. The van der Waals surface area contributed by atoms with Crippen molar-refractivity contribution >= 4 is 23.1 Å². The van der Waals surface area contributed by atoms with Gasteiger partial charge in [-0.1, -0.05) is 20.8 Å². The molecule has 0 bridgehead atoms. The molecule has 1 amide bonds. The smallest absolute Gasteiger partial charge is 0.270 e. The van der Waals surface area contributed by atoms with Gasteiger partial charge in [-0.25, -0.2) is 4.98 Å². The Morgan fingerprint density at radius 1 is 1.46 bits per heavy atom. The Labute approximate surface area is 146 Å². The van der Waals surface area contributed by atoms with Crippen molar-refractivity contribution in [2.24, 2.45) is 0 Å². The third-order valence-corrected chi connectivity index (χ3v) is 5.37. The zero-order chi connectivity index (χ0) is 17.2. The van der Waals surface area contributed by atoms with Gasteiger partial charge in [0.15, 0.2) is 5.82 Å². The summed E-state index contributed by atoms with van der Waals surface area (Å²) in [6.07, 6.45) is 3.81. The van der Waals surface area contributed by atoms with E-state index in [-0.39, 0.29) is 17.4 Å². The number of anilines is 1. The molecule has 0 aliphatic carbocycles. The van der Waals surface area contributed by atoms with E-state index in [4.69, 9.17) is 0 Å². The van der Waals surface area contributed by atoms with Crippen LogP contribution in [-0.2, 0) is 5.41 Å². The molecule has 0 spiro atoms. The molecule has 0 saturated carbocycles. The van der Waals surface area contributed by atoms with Gasteiger partial charge in [-0.2, -0.15) is 5.10 Å². The van der Waals surface area contributed by atoms with Crippen LogP contribution in [-0.4, -0.2) is 40.2 Å². The number of aromatic nitrogens is 3. The Bertz CT molecular complexity index is 695. The molecule has 0 radical (unpaired) electrons. The SMILES string of the molecule is CC(C)(C)c1nc(C(=O)NCC2CCCN2c2cccnn2)cs1. The van der Waals surface area contributed by atoms with Crippen LogP contribution in [0.3, 0.4) is 0 Å². The lowest BCUT2D eigenvalue weighted by molar-refractivity contribution is 0.0947. The van der Waals surface area contributed by atoms with Crippen LogP contribution in [0.15, 0.2) is 23.7 Å². The quantitative estimate of drug-likeness (QED) is 0.922. The van der Waals surface area contributed by atoms with E-state index in [9.17, 15) is 4.79 Å². The topological polar surface area (TPSA) is 71.0 Å². The molecule has 1 fully saturated rings. The van der Waals surface area contributed by atoms with E-state index in [2.05, 4.69) is 46.2 Å². The van der Waals surface area contributed by atoms with E-state index in [1.54, 1.807) is 6.20 Å². The fraction of sp³-hybridized carbons (Fsp3) is 0.529.